The molecule has 0 aliphatic heterocycles. The Morgan fingerprint density at radius 3 is 2.14 bits per heavy atom. The summed E-state index contributed by atoms with van der Waals surface area (Å²) in [5.74, 6) is 0.0113. The van der Waals surface area contributed by atoms with Crippen LogP contribution >= 0.6 is 0 Å². The predicted molar refractivity (Wildman–Crippen MR) is 58.7 cm³/mol. The topological polar surface area (TPSA) is 29.5 Å². The Kier molecular flexibility index (Phi) is 4.71. The van der Waals surface area contributed by atoms with Crippen molar-refractivity contribution in [1.82, 2.24) is 0 Å². The van der Waals surface area contributed by atoms with Gasteiger partial charge in [-0.05, 0) is 19.9 Å². The van der Waals surface area contributed by atoms with Crippen LogP contribution in [-0.2, 0) is 4.74 Å². The number of hydrogen-bond acceptors (Lipinski definition) is 2. The maximum Gasteiger partial charge on any atom is 0.335 e. The predicted octanol–water partition coefficient (Wildman–Crippen LogP) is 2.42. The minimum absolute atomic E-state index is 0.0113. The van der Waals surface area contributed by atoms with E-state index in [-0.39, 0.29) is 5.95 Å². The SMILES string of the molecule is CO/C(O)=C(\C)[N+](C)(C)CC=C(C)C. The third-order valence-corrected chi connectivity index (χ3v) is 2.37. The lowest BCUT2D eigenvalue weighted by molar-refractivity contribution is -0.848. The Labute approximate surface area is 86.9 Å². The molecule has 0 fully saturated rings. The minimum Gasteiger partial charge on any atom is -0.477 e. The number of methoxy groups -OCH3 is 1. The molecule has 0 rings (SSSR count). The summed E-state index contributed by atoms with van der Waals surface area (Å²) in [4.78, 5) is 0. The molecule has 0 radical (unpaired) electrons. The summed E-state index contributed by atoms with van der Waals surface area (Å²) < 4.78 is 5.41. The number of rotatable bonds is 4. The molecule has 0 aromatic carbocycles. The quantitative estimate of drug-likeness (QED) is 0.429. The first-order valence-corrected chi connectivity index (χ1v) is 4.72. The molecule has 3 nitrogen and oxygen atoms in total. The fourth-order valence-electron chi connectivity index (χ4n) is 0.954. The highest BCUT2D eigenvalue weighted by Crippen LogP contribution is 2.14. The van der Waals surface area contributed by atoms with Gasteiger partial charge >= 0.3 is 5.95 Å². The van der Waals surface area contributed by atoms with Crippen molar-refractivity contribution in [1.29, 1.82) is 0 Å². The Bertz CT molecular complexity index is 248. The van der Waals surface area contributed by atoms with Crippen molar-refractivity contribution in [2.24, 2.45) is 0 Å². The number of ether oxygens (including phenoxy) is 1. The van der Waals surface area contributed by atoms with E-state index in [2.05, 4.69) is 19.9 Å². The molecule has 0 saturated carbocycles. The maximum atomic E-state index is 9.45. The van der Waals surface area contributed by atoms with Crippen LogP contribution < -0.4 is 0 Å². The van der Waals surface area contributed by atoms with Crippen LogP contribution in [0.15, 0.2) is 23.3 Å². The van der Waals surface area contributed by atoms with Gasteiger partial charge in [0.2, 0.25) is 0 Å². The van der Waals surface area contributed by atoms with Gasteiger partial charge in [-0.25, -0.2) is 0 Å². The average Bonchev–Trinajstić information content (AvgIpc) is 2.12. The second kappa shape index (κ2) is 5.05. The van der Waals surface area contributed by atoms with Crippen LogP contribution in [0.5, 0.6) is 0 Å². The first-order chi connectivity index (χ1) is 6.31. The molecule has 0 aliphatic carbocycles. The lowest BCUT2D eigenvalue weighted by Crippen LogP contribution is -2.38. The zero-order valence-electron chi connectivity index (χ0n) is 10.1. The van der Waals surface area contributed by atoms with Crippen molar-refractivity contribution < 1.29 is 14.3 Å². The molecule has 0 bridgehead atoms. The third kappa shape index (κ3) is 3.83. The lowest BCUT2D eigenvalue weighted by atomic mass is 10.3. The zero-order valence-corrected chi connectivity index (χ0v) is 10.1. The van der Waals surface area contributed by atoms with Gasteiger partial charge in [0.05, 0.1) is 21.2 Å². The molecule has 0 unspecified atom stereocenters. The molecule has 0 aromatic rings. The lowest BCUT2D eigenvalue weighted by Gasteiger charge is -2.28. The number of hydrogen-bond donors (Lipinski definition) is 1. The van der Waals surface area contributed by atoms with Gasteiger partial charge < -0.3 is 9.84 Å². The summed E-state index contributed by atoms with van der Waals surface area (Å²) in [7, 11) is 5.54. The van der Waals surface area contributed by atoms with E-state index in [4.69, 9.17) is 4.74 Å². The molecular weight excluding hydrogens is 178 g/mol. The van der Waals surface area contributed by atoms with Crippen molar-refractivity contribution in [3.8, 4) is 0 Å². The van der Waals surface area contributed by atoms with Crippen molar-refractivity contribution in [3.63, 3.8) is 0 Å². The monoisotopic (exact) mass is 200 g/mol. The molecule has 1 N–H and O–H groups in total. The van der Waals surface area contributed by atoms with Crippen molar-refractivity contribution in [2.45, 2.75) is 20.8 Å². The number of nitrogens with zero attached hydrogens (tertiary/aromatic N) is 1. The van der Waals surface area contributed by atoms with Crippen LogP contribution in [0.2, 0.25) is 0 Å². The van der Waals surface area contributed by atoms with E-state index in [1.165, 1.54) is 12.7 Å². The van der Waals surface area contributed by atoms with E-state index in [0.717, 1.165) is 12.2 Å². The Balaban J connectivity index is 4.70. The third-order valence-electron chi connectivity index (χ3n) is 2.37. The first-order valence-electron chi connectivity index (χ1n) is 4.72. The van der Waals surface area contributed by atoms with E-state index in [9.17, 15) is 5.11 Å². The van der Waals surface area contributed by atoms with Crippen molar-refractivity contribution >= 4 is 0 Å². The van der Waals surface area contributed by atoms with E-state index in [1.54, 1.807) is 0 Å². The van der Waals surface area contributed by atoms with Gasteiger partial charge in [0.15, 0.2) is 5.70 Å². The van der Waals surface area contributed by atoms with Crippen LogP contribution in [0.3, 0.4) is 0 Å². The van der Waals surface area contributed by atoms with Crippen LogP contribution in [0.1, 0.15) is 20.8 Å². The first kappa shape index (κ1) is 13.0. The van der Waals surface area contributed by atoms with Gasteiger partial charge in [-0.3, -0.25) is 4.48 Å². The summed E-state index contributed by atoms with van der Waals surface area (Å²) in [5, 5.41) is 9.45. The van der Waals surface area contributed by atoms with Gasteiger partial charge in [0, 0.05) is 6.92 Å². The summed E-state index contributed by atoms with van der Waals surface area (Å²) in [6.45, 7) is 6.85. The standard InChI is InChI=1S/C11H21NO2/c1-9(2)7-8-12(4,5)10(3)11(13)14-6/h7H,8H2,1-6H3/p+1/b11-10+. The molecule has 0 saturated heterocycles. The van der Waals surface area contributed by atoms with Crippen LogP contribution in [-0.4, -0.2) is 37.3 Å². The summed E-state index contributed by atoms with van der Waals surface area (Å²) in [6.07, 6.45) is 2.15. The van der Waals surface area contributed by atoms with E-state index in [0.29, 0.717) is 4.48 Å². The molecule has 14 heavy (non-hydrogen) atoms. The molecule has 0 aromatic heterocycles. The fraction of sp³-hybridized carbons (Fsp3) is 0.636. The van der Waals surface area contributed by atoms with E-state index >= 15 is 0 Å². The largest absolute Gasteiger partial charge is 0.477 e. The number of aliphatic hydroxyl groups excluding tert-OH is 1. The van der Waals surface area contributed by atoms with Gasteiger partial charge in [-0.2, -0.15) is 0 Å². The van der Waals surface area contributed by atoms with Gasteiger partial charge in [-0.15, -0.1) is 0 Å². The van der Waals surface area contributed by atoms with Crippen molar-refractivity contribution in [3.05, 3.63) is 23.3 Å². The van der Waals surface area contributed by atoms with Crippen LogP contribution in [0.25, 0.3) is 0 Å². The van der Waals surface area contributed by atoms with E-state index in [1.807, 2.05) is 21.0 Å². The zero-order chi connectivity index (χ0) is 11.4. The molecule has 3 heteroatoms. The van der Waals surface area contributed by atoms with E-state index < -0.39 is 0 Å². The molecule has 0 amide bonds. The average molecular weight is 200 g/mol. The number of allylic oxidation sites excluding steroid dienone is 2. The highest BCUT2D eigenvalue weighted by atomic mass is 16.6. The number of likely N-dealkylation sites (N-methyl/N-ethyl adjacent to an activating group) is 1. The second-order valence-corrected chi connectivity index (χ2v) is 4.24. The second-order valence-electron chi connectivity index (χ2n) is 4.24. The minimum atomic E-state index is 0.0113. The summed E-state index contributed by atoms with van der Waals surface area (Å²) >= 11 is 0. The van der Waals surface area contributed by atoms with Crippen LogP contribution in [0, 0.1) is 0 Å². The Morgan fingerprint density at radius 1 is 1.29 bits per heavy atom. The molecule has 0 spiro atoms. The van der Waals surface area contributed by atoms with Crippen molar-refractivity contribution in [2.75, 3.05) is 27.7 Å². The van der Waals surface area contributed by atoms with Gasteiger partial charge in [-0.1, -0.05) is 5.57 Å². The Morgan fingerprint density at radius 2 is 1.79 bits per heavy atom. The summed E-state index contributed by atoms with van der Waals surface area (Å²) in [5.41, 5.74) is 2.10. The highest BCUT2D eigenvalue weighted by Gasteiger charge is 2.21. The normalized spacial score (nSPS) is 13.3. The fourth-order valence-corrected chi connectivity index (χ4v) is 0.954. The highest BCUT2D eigenvalue weighted by molar-refractivity contribution is 4.96. The number of quaternary nitrogens is 1. The van der Waals surface area contributed by atoms with Crippen LogP contribution in [0.4, 0.5) is 0 Å². The van der Waals surface area contributed by atoms with Gasteiger partial charge in [0.1, 0.15) is 6.54 Å². The molecular formula is C11H22NO2+. The molecule has 0 heterocycles. The summed E-state index contributed by atoms with van der Waals surface area (Å²) in [6, 6.07) is 0. The smallest absolute Gasteiger partial charge is 0.335 e. The molecule has 0 aliphatic rings. The molecule has 0 atom stereocenters. The van der Waals surface area contributed by atoms with Gasteiger partial charge in [0.25, 0.3) is 0 Å². The maximum absolute atomic E-state index is 9.45. The molecule has 82 valence electrons. The Hall–Kier alpha value is -0.960. The number of aliphatic hydroxyl groups is 1.